The number of halogens is 1. The summed E-state index contributed by atoms with van der Waals surface area (Å²) in [6.07, 6.45) is 0. The highest BCUT2D eigenvalue weighted by molar-refractivity contribution is 5.45. The molecule has 3 heteroatoms. The maximum atomic E-state index is 11.9. The van der Waals surface area contributed by atoms with Crippen LogP contribution in [0.15, 0.2) is 48.5 Å². The monoisotopic (exact) mass is 256 g/mol. The molecule has 2 aromatic carbocycles. The van der Waals surface area contributed by atoms with Crippen molar-refractivity contribution in [2.24, 2.45) is 0 Å². The van der Waals surface area contributed by atoms with Crippen LogP contribution in [0.4, 0.5) is 4.39 Å². The third-order valence-corrected chi connectivity index (χ3v) is 2.42. The highest BCUT2D eigenvalue weighted by Crippen LogP contribution is 2.12. The van der Waals surface area contributed by atoms with Crippen LogP contribution >= 0.6 is 0 Å². The van der Waals surface area contributed by atoms with Crippen LogP contribution in [0.2, 0.25) is 0 Å². The van der Waals surface area contributed by atoms with Crippen LogP contribution in [-0.4, -0.2) is 18.4 Å². The second-order valence-electron chi connectivity index (χ2n) is 3.86. The van der Waals surface area contributed by atoms with Gasteiger partial charge in [0.15, 0.2) is 0 Å². The molecular weight excluding hydrogens is 243 g/mol. The van der Waals surface area contributed by atoms with Crippen molar-refractivity contribution >= 4 is 0 Å². The molecule has 0 saturated carbocycles. The standard InChI is InChI=1S/C16H13FO2/c17-11-12-19-16-9-5-14(6-10-16)2-1-13-3-7-15(18)8-4-13/h3-10,18H,11-12H2. The first-order valence-electron chi connectivity index (χ1n) is 5.88. The molecule has 0 heterocycles. The lowest BCUT2D eigenvalue weighted by Gasteiger charge is -2.02. The summed E-state index contributed by atoms with van der Waals surface area (Å²) in [4.78, 5) is 0. The van der Waals surface area contributed by atoms with Gasteiger partial charge in [0.2, 0.25) is 0 Å². The van der Waals surface area contributed by atoms with Gasteiger partial charge in [-0.1, -0.05) is 11.8 Å². The number of rotatable bonds is 3. The van der Waals surface area contributed by atoms with Crippen LogP contribution in [0.1, 0.15) is 11.1 Å². The average molecular weight is 256 g/mol. The first-order chi connectivity index (χ1) is 9.28. The number of hydrogen-bond acceptors (Lipinski definition) is 2. The zero-order chi connectivity index (χ0) is 13.5. The lowest BCUT2D eigenvalue weighted by atomic mass is 10.2. The molecule has 0 radical (unpaired) electrons. The fourth-order valence-corrected chi connectivity index (χ4v) is 1.48. The van der Waals surface area contributed by atoms with Crippen LogP contribution in [-0.2, 0) is 0 Å². The molecule has 0 aliphatic carbocycles. The van der Waals surface area contributed by atoms with E-state index in [-0.39, 0.29) is 12.4 Å². The first-order valence-corrected chi connectivity index (χ1v) is 5.88. The molecule has 19 heavy (non-hydrogen) atoms. The molecule has 0 bridgehead atoms. The Hall–Kier alpha value is -2.47. The molecule has 0 aliphatic heterocycles. The van der Waals surface area contributed by atoms with E-state index in [4.69, 9.17) is 9.84 Å². The molecular formula is C16H13FO2. The van der Waals surface area contributed by atoms with E-state index in [0.29, 0.717) is 5.75 Å². The van der Waals surface area contributed by atoms with E-state index < -0.39 is 6.67 Å². The van der Waals surface area contributed by atoms with E-state index in [1.54, 1.807) is 36.4 Å². The highest BCUT2D eigenvalue weighted by Gasteiger charge is 1.93. The largest absolute Gasteiger partial charge is 0.508 e. The molecule has 2 nitrogen and oxygen atoms in total. The van der Waals surface area contributed by atoms with Gasteiger partial charge in [0.05, 0.1) is 0 Å². The van der Waals surface area contributed by atoms with E-state index in [0.717, 1.165) is 11.1 Å². The van der Waals surface area contributed by atoms with Crippen LogP contribution in [0.5, 0.6) is 11.5 Å². The fourth-order valence-electron chi connectivity index (χ4n) is 1.48. The summed E-state index contributed by atoms with van der Waals surface area (Å²) in [7, 11) is 0. The lowest BCUT2D eigenvalue weighted by molar-refractivity contribution is 0.273. The van der Waals surface area contributed by atoms with Gasteiger partial charge in [-0.15, -0.1) is 0 Å². The quantitative estimate of drug-likeness (QED) is 0.855. The van der Waals surface area contributed by atoms with Crippen molar-refractivity contribution in [2.75, 3.05) is 13.3 Å². The third-order valence-electron chi connectivity index (χ3n) is 2.42. The molecule has 0 unspecified atom stereocenters. The van der Waals surface area contributed by atoms with Crippen LogP contribution in [0, 0.1) is 11.8 Å². The molecule has 0 aliphatic rings. The summed E-state index contributed by atoms with van der Waals surface area (Å²) in [5, 5.41) is 9.15. The smallest absolute Gasteiger partial charge is 0.123 e. The number of aromatic hydroxyl groups is 1. The van der Waals surface area contributed by atoms with E-state index >= 15 is 0 Å². The Labute approximate surface area is 111 Å². The predicted octanol–water partition coefficient (Wildman–Crippen LogP) is 3.14. The van der Waals surface area contributed by atoms with Gasteiger partial charge >= 0.3 is 0 Å². The summed E-state index contributed by atoms with van der Waals surface area (Å²) in [5.41, 5.74) is 1.68. The van der Waals surface area contributed by atoms with Crippen molar-refractivity contribution in [1.29, 1.82) is 0 Å². The zero-order valence-electron chi connectivity index (χ0n) is 10.3. The average Bonchev–Trinajstić information content (AvgIpc) is 2.46. The summed E-state index contributed by atoms with van der Waals surface area (Å²) >= 11 is 0. The summed E-state index contributed by atoms with van der Waals surface area (Å²) in [6, 6.07) is 13.9. The number of benzene rings is 2. The van der Waals surface area contributed by atoms with Crippen molar-refractivity contribution in [3.63, 3.8) is 0 Å². The van der Waals surface area contributed by atoms with E-state index in [1.165, 1.54) is 0 Å². The van der Waals surface area contributed by atoms with Gasteiger partial charge in [0.1, 0.15) is 24.8 Å². The van der Waals surface area contributed by atoms with Gasteiger partial charge in [0, 0.05) is 11.1 Å². The van der Waals surface area contributed by atoms with Crippen LogP contribution < -0.4 is 4.74 Å². The van der Waals surface area contributed by atoms with Gasteiger partial charge < -0.3 is 9.84 Å². The van der Waals surface area contributed by atoms with Crippen molar-refractivity contribution in [1.82, 2.24) is 0 Å². The fraction of sp³-hybridized carbons (Fsp3) is 0.125. The normalized spacial score (nSPS) is 9.53. The molecule has 0 amide bonds. The molecule has 0 atom stereocenters. The summed E-state index contributed by atoms with van der Waals surface area (Å²) < 4.78 is 17.1. The van der Waals surface area contributed by atoms with Gasteiger partial charge in [-0.05, 0) is 48.5 Å². The molecule has 1 N–H and O–H groups in total. The van der Waals surface area contributed by atoms with Crippen molar-refractivity contribution in [2.45, 2.75) is 0 Å². The maximum Gasteiger partial charge on any atom is 0.123 e. The molecule has 2 aromatic rings. The molecule has 2 rings (SSSR count). The van der Waals surface area contributed by atoms with Gasteiger partial charge in [0.25, 0.3) is 0 Å². The van der Waals surface area contributed by atoms with Gasteiger partial charge in [-0.2, -0.15) is 0 Å². The lowest BCUT2D eigenvalue weighted by Crippen LogP contribution is -1.98. The first kappa shape index (κ1) is 13.0. The van der Waals surface area contributed by atoms with E-state index in [1.807, 2.05) is 12.1 Å². The Kier molecular flexibility index (Phi) is 4.41. The molecule has 0 aromatic heterocycles. The molecule has 0 spiro atoms. The number of alkyl halides is 1. The zero-order valence-corrected chi connectivity index (χ0v) is 10.3. The second kappa shape index (κ2) is 6.46. The number of phenolic OH excluding ortho intramolecular Hbond substituents is 1. The van der Waals surface area contributed by atoms with E-state index in [9.17, 15) is 4.39 Å². The van der Waals surface area contributed by atoms with Gasteiger partial charge in [-0.3, -0.25) is 0 Å². The van der Waals surface area contributed by atoms with E-state index in [2.05, 4.69) is 11.8 Å². The Morgan fingerprint density at radius 1 is 0.895 bits per heavy atom. The Morgan fingerprint density at radius 3 is 1.95 bits per heavy atom. The summed E-state index contributed by atoms with van der Waals surface area (Å²) in [5.74, 6) is 6.85. The third kappa shape index (κ3) is 4.04. The van der Waals surface area contributed by atoms with Crippen molar-refractivity contribution < 1.29 is 14.2 Å². The minimum atomic E-state index is -0.498. The Morgan fingerprint density at radius 2 is 1.42 bits per heavy atom. The topological polar surface area (TPSA) is 29.5 Å². The number of phenols is 1. The molecule has 0 saturated heterocycles. The molecule has 96 valence electrons. The Bertz CT molecular complexity index is 577. The van der Waals surface area contributed by atoms with Crippen LogP contribution in [0.25, 0.3) is 0 Å². The highest BCUT2D eigenvalue weighted by atomic mass is 19.1. The minimum Gasteiger partial charge on any atom is -0.508 e. The van der Waals surface area contributed by atoms with Crippen molar-refractivity contribution in [3.05, 3.63) is 59.7 Å². The van der Waals surface area contributed by atoms with Crippen molar-refractivity contribution in [3.8, 4) is 23.3 Å². The predicted molar refractivity (Wildman–Crippen MR) is 72.0 cm³/mol. The SMILES string of the molecule is Oc1ccc(C#Cc2ccc(OCCF)cc2)cc1. The van der Waals surface area contributed by atoms with Crippen LogP contribution in [0.3, 0.4) is 0 Å². The number of hydrogen-bond donors (Lipinski definition) is 1. The Balaban J connectivity index is 2.05. The van der Waals surface area contributed by atoms with Gasteiger partial charge in [-0.25, -0.2) is 4.39 Å². The maximum absolute atomic E-state index is 11.9. The molecule has 0 fully saturated rings. The second-order valence-corrected chi connectivity index (χ2v) is 3.86. The summed E-state index contributed by atoms with van der Waals surface area (Å²) in [6.45, 7) is -0.430. The minimum absolute atomic E-state index is 0.0680. The number of ether oxygens (including phenoxy) is 1.